The highest BCUT2D eigenvalue weighted by molar-refractivity contribution is 5.77. The van der Waals surface area contributed by atoms with Crippen LogP contribution in [0.15, 0.2) is 17.1 Å². The van der Waals surface area contributed by atoms with Crippen molar-refractivity contribution >= 4 is 11.6 Å². The molecule has 1 unspecified atom stereocenters. The fraction of sp³-hybridized carbons (Fsp3) is 0.667. The summed E-state index contributed by atoms with van der Waals surface area (Å²) in [6.07, 6.45) is 3.61. The summed E-state index contributed by atoms with van der Waals surface area (Å²) in [6.45, 7) is 5.09. The predicted octanol–water partition coefficient (Wildman–Crippen LogP) is 0.149. The number of hydrogen-bond acceptors (Lipinski definition) is 5. The summed E-state index contributed by atoms with van der Waals surface area (Å²) in [6, 6.07) is 1.60. The summed E-state index contributed by atoms with van der Waals surface area (Å²) >= 11 is 0. The van der Waals surface area contributed by atoms with E-state index in [-0.39, 0.29) is 18.1 Å². The molecule has 1 saturated heterocycles. The smallest absolute Gasteiger partial charge is 0.268 e. The van der Waals surface area contributed by atoms with Crippen LogP contribution in [0.4, 0.5) is 5.69 Å². The Kier molecular flexibility index (Phi) is 5.94. The Labute approximate surface area is 130 Å². The number of hydrogen-bond donors (Lipinski definition) is 1. The Hall–Kier alpha value is -1.89. The van der Waals surface area contributed by atoms with Crippen LogP contribution in [-0.2, 0) is 16.6 Å². The standard InChI is InChI=1S/C15H24N4O3/c1-3-6-22-11-14(20)16-8-12-4-5-19(10-12)13-7-15(21)18(2)17-9-13/h7,9,12H,3-6,8,10-11H2,1-2H3,(H,16,20). The molecule has 0 aromatic carbocycles. The number of aromatic nitrogens is 2. The van der Waals surface area contributed by atoms with Gasteiger partial charge in [0.2, 0.25) is 5.91 Å². The topological polar surface area (TPSA) is 76.5 Å². The van der Waals surface area contributed by atoms with E-state index in [1.807, 2.05) is 6.92 Å². The molecule has 1 N–H and O–H groups in total. The second-order valence-corrected chi connectivity index (χ2v) is 5.63. The summed E-state index contributed by atoms with van der Waals surface area (Å²) < 4.78 is 6.52. The van der Waals surface area contributed by atoms with Crippen molar-refractivity contribution in [3.8, 4) is 0 Å². The molecule has 0 spiro atoms. The molecule has 1 amide bonds. The van der Waals surface area contributed by atoms with Gasteiger partial charge in [-0.05, 0) is 18.8 Å². The predicted molar refractivity (Wildman–Crippen MR) is 83.9 cm³/mol. The van der Waals surface area contributed by atoms with Crippen LogP contribution in [0.3, 0.4) is 0 Å². The maximum atomic E-state index is 11.6. The van der Waals surface area contributed by atoms with E-state index in [4.69, 9.17) is 4.74 Å². The van der Waals surface area contributed by atoms with E-state index in [0.29, 0.717) is 19.1 Å². The maximum absolute atomic E-state index is 11.6. The van der Waals surface area contributed by atoms with Gasteiger partial charge >= 0.3 is 0 Å². The van der Waals surface area contributed by atoms with Gasteiger partial charge in [-0.15, -0.1) is 0 Å². The van der Waals surface area contributed by atoms with Crippen molar-refractivity contribution in [2.24, 2.45) is 13.0 Å². The molecule has 7 heteroatoms. The third-order valence-electron chi connectivity index (χ3n) is 3.77. The first kappa shape index (κ1) is 16.5. The molecule has 0 aliphatic carbocycles. The van der Waals surface area contributed by atoms with E-state index in [9.17, 15) is 9.59 Å². The molecular formula is C15H24N4O3. The third kappa shape index (κ3) is 4.56. The van der Waals surface area contributed by atoms with E-state index >= 15 is 0 Å². The molecule has 1 atom stereocenters. The van der Waals surface area contributed by atoms with Crippen molar-refractivity contribution in [2.75, 3.05) is 37.7 Å². The molecule has 2 rings (SSSR count). The molecule has 7 nitrogen and oxygen atoms in total. The molecule has 122 valence electrons. The van der Waals surface area contributed by atoms with Gasteiger partial charge < -0.3 is 15.0 Å². The summed E-state index contributed by atoms with van der Waals surface area (Å²) in [7, 11) is 1.63. The molecule has 0 saturated carbocycles. The van der Waals surface area contributed by atoms with Crippen LogP contribution >= 0.6 is 0 Å². The lowest BCUT2D eigenvalue weighted by molar-refractivity contribution is -0.125. The number of aryl methyl sites for hydroxylation is 1. The molecule has 1 aliphatic rings. The number of carbonyl (C=O) groups is 1. The SMILES string of the molecule is CCCOCC(=O)NCC1CCN(c2cnn(C)c(=O)c2)C1. The number of anilines is 1. The fourth-order valence-electron chi connectivity index (χ4n) is 2.48. The first-order valence-corrected chi connectivity index (χ1v) is 7.73. The van der Waals surface area contributed by atoms with Crippen molar-refractivity contribution in [1.82, 2.24) is 15.1 Å². The van der Waals surface area contributed by atoms with Crippen molar-refractivity contribution in [1.29, 1.82) is 0 Å². The van der Waals surface area contributed by atoms with Crippen LogP contribution in [0, 0.1) is 5.92 Å². The van der Waals surface area contributed by atoms with Crippen LogP contribution in [0.5, 0.6) is 0 Å². The number of nitrogens with zero attached hydrogens (tertiary/aromatic N) is 3. The molecule has 1 aliphatic heterocycles. The second-order valence-electron chi connectivity index (χ2n) is 5.63. The molecular weight excluding hydrogens is 284 g/mol. The van der Waals surface area contributed by atoms with Gasteiger partial charge in [-0.1, -0.05) is 6.92 Å². The van der Waals surface area contributed by atoms with Gasteiger partial charge in [-0.25, -0.2) is 4.68 Å². The number of carbonyl (C=O) groups excluding carboxylic acids is 1. The highest BCUT2D eigenvalue weighted by atomic mass is 16.5. The molecule has 1 fully saturated rings. The molecule has 2 heterocycles. The van der Waals surface area contributed by atoms with Crippen LogP contribution in [0.1, 0.15) is 19.8 Å². The Morgan fingerprint density at radius 2 is 2.36 bits per heavy atom. The van der Waals surface area contributed by atoms with Crippen molar-refractivity contribution in [3.05, 3.63) is 22.6 Å². The minimum absolute atomic E-state index is 0.0675. The number of amides is 1. The zero-order chi connectivity index (χ0) is 15.9. The normalized spacial score (nSPS) is 17.7. The zero-order valence-corrected chi connectivity index (χ0v) is 13.2. The Morgan fingerprint density at radius 1 is 1.55 bits per heavy atom. The van der Waals surface area contributed by atoms with E-state index in [1.165, 1.54) is 4.68 Å². The first-order valence-electron chi connectivity index (χ1n) is 7.73. The molecule has 1 aromatic heterocycles. The van der Waals surface area contributed by atoms with Gasteiger partial charge in [0.15, 0.2) is 0 Å². The minimum atomic E-state index is -0.109. The number of nitrogens with one attached hydrogen (secondary N) is 1. The largest absolute Gasteiger partial charge is 0.372 e. The summed E-state index contributed by atoms with van der Waals surface area (Å²) in [5, 5.41) is 6.94. The minimum Gasteiger partial charge on any atom is -0.372 e. The summed E-state index contributed by atoms with van der Waals surface area (Å²) in [4.78, 5) is 25.4. The Bertz CT molecular complexity index is 558. The molecule has 0 bridgehead atoms. The van der Waals surface area contributed by atoms with E-state index in [2.05, 4.69) is 15.3 Å². The number of rotatable bonds is 7. The Balaban J connectivity index is 1.76. The number of ether oxygens (including phenoxy) is 1. The van der Waals surface area contributed by atoms with Gasteiger partial charge in [-0.2, -0.15) is 5.10 Å². The summed E-state index contributed by atoms with van der Waals surface area (Å²) in [5.41, 5.74) is 0.741. The monoisotopic (exact) mass is 308 g/mol. The van der Waals surface area contributed by atoms with E-state index in [0.717, 1.165) is 31.6 Å². The average molecular weight is 308 g/mol. The molecule has 22 heavy (non-hydrogen) atoms. The third-order valence-corrected chi connectivity index (χ3v) is 3.77. The van der Waals surface area contributed by atoms with Gasteiger partial charge in [0, 0.05) is 39.4 Å². The van der Waals surface area contributed by atoms with Gasteiger partial charge in [0.05, 0.1) is 11.9 Å². The second kappa shape index (κ2) is 7.93. The molecule has 0 radical (unpaired) electrons. The lowest BCUT2D eigenvalue weighted by atomic mass is 10.1. The van der Waals surface area contributed by atoms with Crippen LogP contribution in [-0.4, -0.2) is 48.5 Å². The van der Waals surface area contributed by atoms with E-state index in [1.54, 1.807) is 19.3 Å². The van der Waals surface area contributed by atoms with Crippen molar-refractivity contribution < 1.29 is 9.53 Å². The quantitative estimate of drug-likeness (QED) is 0.726. The van der Waals surface area contributed by atoms with Gasteiger partial charge in [0.1, 0.15) is 6.61 Å². The lowest BCUT2D eigenvalue weighted by Gasteiger charge is -2.18. The fourth-order valence-corrected chi connectivity index (χ4v) is 2.48. The van der Waals surface area contributed by atoms with Crippen LogP contribution in [0.25, 0.3) is 0 Å². The van der Waals surface area contributed by atoms with Crippen LogP contribution < -0.4 is 15.8 Å². The van der Waals surface area contributed by atoms with Crippen molar-refractivity contribution in [3.63, 3.8) is 0 Å². The molecule has 1 aromatic rings. The van der Waals surface area contributed by atoms with Crippen molar-refractivity contribution in [2.45, 2.75) is 19.8 Å². The van der Waals surface area contributed by atoms with Crippen LogP contribution in [0.2, 0.25) is 0 Å². The highest BCUT2D eigenvalue weighted by Gasteiger charge is 2.23. The summed E-state index contributed by atoms with van der Waals surface area (Å²) in [5.74, 6) is 0.321. The maximum Gasteiger partial charge on any atom is 0.268 e. The highest BCUT2D eigenvalue weighted by Crippen LogP contribution is 2.21. The Morgan fingerprint density at radius 3 is 3.09 bits per heavy atom. The lowest BCUT2D eigenvalue weighted by Crippen LogP contribution is -2.33. The first-order chi connectivity index (χ1) is 10.6. The zero-order valence-electron chi connectivity index (χ0n) is 13.2. The average Bonchev–Trinajstić information content (AvgIpc) is 2.97. The van der Waals surface area contributed by atoms with Gasteiger partial charge in [-0.3, -0.25) is 9.59 Å². The van der Waals surface area contributed by atoms with Gasteiger partial charge in [0.25, 0.3) is 5.56 Å². The van der Waals surface area contributed by atoms with E-state index < -0.39 is 0 Å².